The highest BCUT2D eigenvalue weighted by Gasteiger charge is 2.17. The summed E-state index contributed by atoms with van der Waals surface area (Å²) in [6.07, 6.45) is 6.84. The van der Waals surface area contributed by atoms with Crippen molar-refractivity contribution in [2.45, 2.75) is 19.5 Å². The molecule has 0 saturated heterocycles. The van der Waals surface area contributed by atoms with E-state index >= 15 is 0 Å². The van der Waals surface area contributed by atoms with Crippen LogP contribution in [-0.2, 0) is 13.1 Å². The van der Waals surface area contributed by atoms with Crippen LogP contribution in [-0.4, -0.2) is 58.6 Å². The fraction of sp³-hybridized carbons (Fsp3) is 0.192. The Labute approximate surface area is 200 Å². The van der Waals surface area contributed by atoms with E-state index in [0.717, 1.165) is 81.9 Å². The first-order valence-corrected chi connectivity index (χ1v) is 11.7. The topological polar surface area (TPSA) is 104 Å². The van der Waals surface area contributed by atoms with Crippen LogP contribution in [0.4, 0.5) is 0 Å². The van der Waals surface area contributed by atoms with Crippen LogP contribution in [0.3, 0.4) is 0 Å². The zero-order valence-corrected chi connectivity index (χ0v) is 19.2. The second-order valence-electron chi connectivity index (χ2n) is 9.16. The molecule has 0 spiro atoms. The number of hydrogen-bond donors (Lipinski definition) is 2. The van der Waals surface area contributed by atoms with Crippen molar-refractivity contribution in [2.75, 3.05) is 13.6 Å². The predicted molar refractivity (Wildman–Crippen MR) is 134 cm³/mol. The third kappa shape index (κ3) is 3.48. The summed E-state index contributed by atoms with van der Waals surface area (Å²) < 4.78 is 1.91. The molecule has 4 aromatic heterocycles. The molecule has 0 fully saturated rings. The number of H-pyrrole nitrogens is 2. The van der Waals surface area contributed by atoms with Crippen molar-refractivity contribution >= 4 is 21.9 Å². The number of imidazole rings is 1. The van der Waals surface area contributed by atoms with E-state index in [9.17, 15) is 0 Å². The van der Waals surface area contributed by atoms with Crippen LogP contribution in [0.25, 0.3) is 55.8 Å². The zero-order valence-electron chi connectivity index (χ0n) is 19.2. The van der Waals surface area contributed by atoms with Gasteiger partial charge >= 0.3 is 0 Å². The number of benzene rings is 2. The molecule has 9 heteroatoms. The fourth-order valence-corrected chi connectivity index (χ4v) is 4.88. The Bertz CT molecular complexity index is 1690. The third-order valence-corrected chi connectivity index (χ3v) is 6.62. The molecule has 7 rings (SSSR count). The molecule has 8 bridgehead atoms. The number of aryl methyl sites for hydroxylation is 1. The van der Waals surface area contributed by atoms with Gasteiger partial charge in [-0.15, -0.1) is 5.10 Å². The van der Waals surface area contributed by atoms with Crippen molar-refractivity contribution in [3.05, 3.63) is 66.6 Å². The van der Waals surface area contributed by atoms with E-state index in [1.807, 2.05) is 41.5 Å². The highest BCUT2D eigenvalue weighted by atomic mass is 15.4. The van der Waals surface area contributed by atoms with E-state index in [-0.39, 0.29) is 0 Å². The minimum Gasteiger partial charge on any atom is -0.337 e. The fourth-order valence-electron chi connectivity index (χ4n) is 4.88. The van der Waals surface area contributed by atoms with Crippen LogP contribution in [0.1, 0.15) is 12.0 Å². The van der Waals surface area contributed by atoms with Crippen LogP contribution >= 0.6 is 0 Å². The maximum absolute atomic E-state index is 4.96. The molecule has 0 atom stereocenters. The first-order chi connectivity index (χ1) is 17.2. The van der Waals surface area contributed by atoms with E-state index in [1.54, 1.807) is 0 Å². The lowest BCUT2D eigenvalue weighted by Crippen LogP contribution is -2.20. The van der Waals surface area contributed by atoms with Gasteiger partial charge in [-0.3, -0.25) is 14.8 Å². The first-order valence-electron chi connectivity index (χ1n) is 11.7. The van der Waals surface area contributed by atoms with Crippen molar-refractivity contribution < 1.29 is 0 Å². The average molecular weight is 462 g/mol. The van der Waals surface area contributed by atoms with Crippen LogP contribution in [0.2, 0.25) is 0 Å². The number of para-hydroxylation sites is 1. The Morgan fingerprint density at radius 2 is 1.94 bits per heavy atom. The Morgan fingerprint density at radius 1 is 0.971 bits per heavy atom. The van der Waals surface area contributed by atoms with E-state index in [2.05, 4.69) is 66.7 Å². The Hall–Kier alpha value is -4.37. The molecule has 172 valence electrons. The quantitative estimate of drug-likeness (QED) is 0.350. The second kappa shape index (κ2) is 7.85. The number of pyridine rings is 1. The molecule has 1 aliphatic heterocycles. The Balaban J connectivity index is 1.43. The van der Waals surface area contributed by atoms with Crippen molar-refractivity contribution in [2.24, 2.45) is 0 Å². The monoisotopic (exact) mass is 461 g/mol. The molecule has 0 saturated carbocycles. The number of rotatable bonds is 0. The van der Waals surface area contributed by atoms with E-state index in [1.165, 1.54) is 5.56 Å². The lowest BCUT2D eigenvalue weighted by Gasteiger charge is -2.17. The van der Waals surface area contributed by atoms with Crippen LogP contribution in [0.15, 0.2) is 61.1 Å². The summed E-state index contributed by atoms with van der Waals surface area (Å²) >= 11 is 0. The molecular formula is C26H23N9. The molecule has 0 amide bonds. The summed E-state index contributed by atoms with van der Waals surface area (Å²) in [5, 5.41) is 17.6. The number of nitrogens with one attached hydrogen (secondary N) is 2. The second-order valence-corrected chi connectivity index (χ2v) is 9.16. The summed E-state index contributed by atoms with van der Waals surface area (Å²) in [6.45, 7) is 2.58. The molecule has 35 heavy (non-hydrogen) atoms. The number of fused-ring (bicyclic) bond motifs is 9. The van der Waals surface area contributed by atoms with Gasteiger partial charge in [0, 0.05) is 42.0 Å². The molecule has 0 unspecified atom stereocenters. The highest BCUT2D eigenvalue weighted by molar-refractivity contribution is 5.98. The van der Waals surface area contributed by atoms with Crippen LogP contribution in [0.5, 0.6) is 0 Å². The van der Waals surface area contributed by atoms with Crippen molar-refractivity contribution in [3.8, 4) is 33.9 Å². The van der Waals surface area contributed by atoms with Gasteiger partial charge in [-0.2, -0.15) is 5.10 Å². The van der Waals surface area contributed by atoms with Gasteiger partial charge in [-0.25, -0.2) is 4.98 Å². The number of nitrogens with zero attached hydrogens (tertiary/aromatic N) is 7. The van der Waals surface area contributed by atoms with Gasteiger partial charge < -0.3 is 9.88 Å². The third-order valence-electron chi connectivity index (χ3n) is 6.62. The van der Waals surface area contributed by atoms with Gasteiger partial charge in [0.25, 0.3) is 0 Å². The van der Waals surface area contributed by atoms with Gasteiger partial charge in [0.1, 0.15) is 11.4 Å². The normalized spacial score (nSPS) is 14.4. The lowest BCUT2D eigenvalue weighted by molar-refractivity contribution is 0.310. The highest BCUT2D eigenvalue weighted by Crippen LogP contribution is 2.32. The van der Waals surface area contributed by atoms with Crippen molar-refractivity contribution in [1.82, 2.24) is 45.0 Å². The summed E-state index contributed by atoms with van der Waals surface area (Å²) in [4.78, 5) is 15.3. The van der Waals surface area contributed by atoms with Crippen molar-refractivity contribution in [1.29, 1.82) is 0 Å². The summed E-state index contributed by atoms with van der Waals surface area (Å²) in [6, 6.07) is 14.6. The van der Waals surface area contributed by atoms with Gasteiger partial charge in [0.2, 0.25) is 0 Å². The van der Waals surface area contributed by atoms with Gasteiger partial charge in [-0.1, -0.05) is 23.4 Å². The largest absolute Gasteiger partial charge is 0.337 e. The number of aromatic amines is 2. The van der Waals surface area contributed by atoms with Gasteiger partial charge in [0.15, 0.2) is 5.82 Å². The minimum absolute atomic E-state index is 0.717. The average Bonchev–Trinajstić information content (AvgIpc) is 3.61. The Morgan fingerprint density at radius 3 is 2.91 bits per heavy atom. The van der Waals surface area contributed by atoms with Crippen LogP contribution < -0.4 is 0 Å². The van der Waals surface area contributed by atoms with Gasteiger partial charge in [0.05, 0.1) is 22.7 Å². The summed E-state index contributed by atoms with van der Waals surface area (Å²) in [5.74, 6) is 0.717. The molecule has 5 heterocycles. The van der Waals surface area contributed by atoms with E-state index in [0.29, 0.717) is 0 Å². The molecule has 2 aromatic carbocycles. The molecule has 1 aliphatic rings. The summed E-state index contributed by atoms with van der Waals surface area (Å²) in [5.41, 5.74) is 8.68. The molecule has 0 radical (unpaired) electrons. The smallest absolute Gasteiger partial charge is 0.159 e. The van der Waals surface area contributed by atoms with E-state index < -0.39 is 0 Å². The molecule has 2 N–H and O–H groups in total. The maximum Gasteiger partial charge on any atom is 0.159 e. The summed E-state index contributed by atoms with van der Waals surface area (Å²) in [7, 11) is 2.14. The predicted octanol–water partition coefficient (Wildman–Crippen LogP) is 4.26. The van der Waals surface area contributed by atoms with Gasteiger partial charge in [-0.05, 0) is 55.4 Å². The van der Waals surface area contributed by atoms with E-state index in [4.69, 9.17) is 4.98 Å². The minimum atomic E-state index is 0.717. The molecule has 6 aromatic rings. The molecule has 9 nitrogen and oxygen atoms in total. The zero-order chi connectivity index (χ0) is 23.4. The molecule has 0 aliphatic carbocycles. The number of hydrogen-bond acceptors (Lipinski definition) is 6. The molecular weight excluding hydrogens is 438 g/mol. The van der Waals surface area contributed by atoms with Crippen LogP contribution in [0, 0.1) is 0 Å². The standard InChI is InChI=1S/C26H23N9/c1-34-8-3-9-35-15-23(31-33-35)19-4-2-5-22-24(19)29-26(28-22)25-20-11-17(6-7-21(20)30-32-25)18-10-16(14-34)12-27-13-18/h2,4-7,10-13,15H,3,8-9,14H2,1H3,(H,28,29)(H,30,32). The SMILES string of the molecule is CN1CCCn2cc(nn2)-c2cccc3[nH]c(nc23)-c2n[nH]c3ccc(cc23)-c2cncc(c2)C1. The Kier molecular flexibility index (Phi) is 4.49. The first kappa shape index (κ1) is 20.0. The maximum atomic E-state index is 4.96. The number of aromatic nitrogens is 8. The van der Waals surface area contributed by atoms with Crippen molar-refractivity contribution in [3.63, 3.8) is 0 Å². The lowest BCUT2D eigenvalue weighted by atomic mass is 10.0.